The highest BCUT2D eigenvalue weighted by Gasteiger charge is 2.34. The average molecular weight is 383 g/mol. The minimum absolute atomic E-state index is 0.0234. The first-order valence-electron chi connectivity index (χ1n) is 8.25. The smallest absolute Gasteiger partial charge is 0.271 e. The van der Waals surface area contributed by atoms with Gasteiger partial charge in [-0.05, 0) is 25.8 Å². The summed E-state index contributed by atoms with van der Waals surface area (Å²) in [7, 11) is 0. The molecule has 1 aromatic carbocycles. The fourth-order valence-electron chi connectivity index (χ4n) is 3.38. The number of nitrogens with zero attached hydrogens (tertiary/aromatic N) is 2. The lowest BCUT2D eigenvalue weighted by Gasteiger charge is -2.26. The summed E-state index contributed by atoms with van der Waals surface area (Å²) in [5.74, 6) is -3.65. The molecule has 0 aliphatic carbocycles. The summed E-state index contributed by atoms with van der Waals surface area (Å²) in [5.41, 5.74) is -0.207. The number of rotatable bonds is 2. The summed E-state index contributed by atoms with van der Waals surface area (Å²) in [4.78, 5) is 17.1. The number of aliphatic imine (C=N–C) groups is 1. The van der Waals surface area contributed by atoms with E-state index in [9.17, 15) is 18.0 Å². The molecule has 0 radical (unpaired) electrons. The molecule has 0 spiro atoms. The Labute approximate surface area is 151 Å². The summed E-state index contributed by atoms with van der Waals surface area (Å²) < 4.78 is 48.4. The minimum Gasteiger partial charge on any atom is -0.381 e. The number of halogens is 3. The van der Waals surface area contributed by atoms with Crippen LogP contribution in [0.25, 0.3) is 0 Å². The molecule has 9 heteroatoms. The molecule has 0 amide bonds. The zero-order valence-corrected chi connectivity index (χ0v) is 14.7. The maximum atomic E-state index is 14.4. The zero-order valence-electron chi connectivity index (χ0n) is 13.9. The monoisotopic (exact) mass is 383 g/mol. The number of aromatic nitrogens is 2. The molecule has 1 atom stereocenters. The summed E-state index contributed by atoms with van der Waals surface area (Å²) in [5, 5.41) is 2.61. The molecular weight excluding hydrogens is 367 g/mol. The predicted molar refractivity (Wildman–Crippen MR) is 92.7 cm³/mol. The van der Waals surface area contributed by atoms with Gasteiger partial charge in [0.2, 0.25) is 0 Å². The van der Waals surface area contributed by atoms with E-state index in [-0.39, 0.29) is 17.2 Å². The zero-order chi connectivity index (χ0) is 18.4. The summed E-state index contributed by atoms with van der Waals surface area (Å²) in [6.45, 7) is 2.90. The highest BCUT2D eigenvalue weighted by Crippen LogP contribution is 2.45. The minimum atomic E-state index is -1.54. The first-order chi connectivity index (χ1) is 12.5. The van der Waals surface area contributed by atoms with Crippen molar-refractivity contribution < 1.29 is 17.9 Å². The fourth-order valence-corrected chi connectivity index (χ4v) is 4.50. The number of hydrogen-bond acceptors (Lipinski definition) is 4. The van der Waals surface area contributed by atoms with Crippen LogP contribution in [0.1, 0.15) is 42.2 Å². The molecule has 2 aliphatic heterocycles. The lowest BCUT2D eigenvalue weighted by molar-refractivity contribution is 0.0666. The number of thioether (sulfide) groups is 1. The Morgan fingerprint density at radius 3 is 2.69 bits per heavy atom. The maximum Gasteiger partial charge on any atom is 0.271 e. The van der Waals surface area contributed by atoms with Gasteiger partial charge in [0.1, 0.15) is 0 Å². The van der Waals surface area contributed by atoms with Gasteiger partial charge >= 0.3 is 0 Å². The standard InChI is InChI=1S/C17H16F3N3O2S/c1-8-21-16-12(17(24)22-23(16)9-4-6-25-7-5-9)15(26-8)10-2-3-11(18)14(20)13(10)19/h2-3,9,15H,4-7H2,1H3,(H,22,24)/t15-/m1/s1. The third-order valence-corrected chi connectivity index (χ3v) is 5.81. The molecule has 1 fully saturated rings. The van der Waals surface area contributed by atoms with Crippen LogP contribution in [0.15, 0.2) is 21.9 Å². The number of fused-ring (bicyclic) bond motifs is 1. The molecule has 4 rings (SSSR count). The van der Waals surface area contributed by atoms with Gasteiger partial charge in [0.05, 0.1) is 21.9 Å². The highest BCUT2D eigenvalue weighted by atomic mass is 32.2. The lowest BCUT2D eigenvalue weighted by atomic mass is 10.0. The topological polar surface area (TPSA) is 59.4 Å². The van der Waals surface area contributed by atoms with Gasteiger partial charge in [-0.2, -0.15) is 0 Å². The van der Waals surface area contributed by atoms with Crippen LogP contribution in [0.5, 0.6) is 0 Å². The first kappa shape index (κ1) is 17.4. The third-order valence-electron chi connectivity index (χ3n) is 4.65. The van der Waals surface area contributed by atoms with Crippen molar-refractivity contribution in [3.05, 3.63) is 51.1 Å². The second-order valence-electron chi connectivity index (χ2n) is 6.29. The van der Waals surface area contributed by atoms with E-state index in [1.54, 1.807) is 11.6 Å². The number of nitrogens with one attached hydrogen (secondary N) is 1. The van der Waals surface area contributed by atoms with Gasteiger partial charge < -0.3 is 4.74 Å². The normalized spacial score (nSPS) is 20.8. The Hall–Kier alpha value is -2.00. The largest absolute Gasteiger partial charge is 0.381 e. The Morgan fingerprint density at radius 1 is 1.23 bits per heavy atom. The molecule has 5 nitrogen and oxygen atoms in total. The van der Waals surface area contributed by atoms with Crippen molar-refractivity contribution in [3.63, 3.8) is 0 Å². The van der Waals surface area contributed by atoms with E-state index in [2.05, 4.69) is 10.1 Å². The highest BCUT2D eigenvalue weighted by molar-refractivity contribution is 8.14. The Morgan fingerprint density at radius 2 is 1.96 bits per heavy atom. The van der Waals surface area contributed by atoms with Crippen molar-refractivity contribution in [1.82, 2.24) is 9.78 Å². The molecule has 26 heavy (non-hydrogen) atoms. The van der Waals surface area contributed by atoms with Crippen molar-refractivity contribution >= 4 is 22.6 Å². The molecule has 2 aromatic rings. The summed E-state index contributed by atoms with van der Waals surface area (Å²) >= 11 is 1.15. The van der Waals surface area contributed by atoms with Crippen molar-refractivity contribution in [3.8, 4) is 0 Å². The molecule has 0 bridgehead atoms. The van der Waals surface area contributed by atoms with Gasteiger partial charge in [-0.1, -0.05) is 17.8 Å². The molecule has 0 unspecified atom stereocenters. The van der Waals surface area contributed by atoms with Crippen LogP contribution in [-0.4, -0.2) is 28.0 Å². The van der Waals surface area contributed by atoms with Crippen molar-refractivity contribution in [1.29, 1.82) is 0 Å². The Balaban J connectivity index is 1.85. The van der Waals surface area contributed by atoms with Crippen molar-refractivity contribution in [2.75, 3.05) is 13.2 Å². The molecule has 3 heterocycles. The van der Waals surface area contributed by atoms with E-state index < -0.39 is 28.3 Å². The van der Waals surface area contributed by atoms with E-state index in [0.717, 1.165) is 30.7 Å². The molecule has 0 saturated carbocycles. The molecule has 1 N–H and O–H groups in total. The van der Waals surface area contributed by atoms with Gasteiger partial charge in [-0.25, -0.2) is 18.2 Å². The van der Waals surface area contributed by atoms with Gasteiger partial charge in [0, 0.05) is 18.8 Å². The quantitative estimate of drug-likeness (QED) is 0.802. The molecule has 2 aliphatic rings. The van der Waals surface area contributed by atoms with Crippen LogP contribution in [0, 0.1) is 17.5 Å². The van der Waals surface area contributed by atoms with E-state index in [0.29, 0.717) is 24.1 Å². The third kappa shape index (κ3) is 2.79. The Kier molecular flexibility index (Phi) is 4.44. The van der Waals surface area contributed by atoms with E-state index in [1.165, 1.54) is 6.07 Å². The summed E-state index contributed by atoms with van der Waals surface area (Å²) in [6, 6.07) is 2.08. The number of aromatic amines is 1. The Bertz CT molecular complexity index is 947. The number of H-pyrrole nitrogens is 1. The van der Waals surface area contributed by atoms with Crippen LogP contribution < -0.4 is 5.56 Å². The molecule has 1 aromatic heterocycles. The fraction of sp³-hybridized carbons (Fsp3) is 0.412. The van der Waals surface area contributed by atoms with Crippen molar-refractivity contribution in [2.24, 2.45) is 4.99 Å². The number of benzene rings is 1. The van der Waals surface area contributed by atoms with Crippen LogP contribution >= 0.6 is 11.8 Å². The predicted octanol–water partition coefficient (Wildman–Crippen LogP) is 3.83. The molecule has 1 saturated heterocycles. The van der Waals surface area contributed by atoms with E-state index in [4.69, 9.17) is 4.74 Å². The van der Waals surface area contributed by atoms with Crippen LogP contribution in [-0.2, 0) is 4.74 Å². The van der Waals surface area contributed by atoms with Crippen LogP contribution in [0.2, 0.25) is 0 Å². The van der Waals surface area contributed by atoms with Gasteiger partial charge in [-0.15, -0.1) is 0 Å². The second-order valence-corrected chi connectivity index (χ2v) is 7.58. The first-order valence-corrected chi connectivity index (χ1v) is 9.13. The number of hydrogen-bond donors (Lipinski definition) is 1. The second kappa shape index (κ2) is 6.62. The van der Waals surface area contributed by atoms with Crippen LogP contribution in [0.3, 0.4) is 0 Å². The molecule has 138 valence electrons. The maximum absolute atomic E-state index is 14.4. The summed E-state index contributed by atoms with van der Waals surface area (Å²) in [6.07, 6.45) is 1.45. The van der Waals surface area contributed by atoms with Crippen LogP contribution in [0.4, 0.5) is 19.0 Å². The van der Waals surface area contributed by atoms with Gasteiger partial charge in [0.15, 0.2) is 23.3 Å². The lowest BCUT2D eigenvalue weighted by Crippen LogP contribution is -2.21. The van der Waals surface area contributed by atoms with Gasteiger partial charge in [-0.3, -0.25) is 14.6 Å². The van der Waals surface area contributed by atoms with Crippen molar-refractivity contribution in [2.45, 2.75) is 31.1 Å². The SMILES string of the molecule is CC1=Nc2c(c(=O)[nH]n2C2CCOCC2)[C@@H](c2ccc(F)c(F)c2F)S1. The van der Waals surface area contributed by atoms with E-state index >= 15 is 0 Å². The molecular formula is C17H16F3N3O2S. The number of ether oxygens (including phenoxy) is 1. The van der Waals surface area contributed by atoms with E-state index in [1.807, 2.05) is 0 Å². The van der Waals surface area contributed by atoms with Gasteiger partial charge in [0.25, 0.3) is 5.56 Å². The average Bonchev–Trinajstić information content (AvgIpc) is 2.96.